The number of aliphatic hydroxyl groups is 1. The summed E-state index contributed by atoms with van der Waals surface area (Å²) >= 11 is 0. The average molecular weight is 371 g/mol. The molecule has 5 unspecified atom stereocenters. The minimum absolute atomic E-state index is 0.00137. The minimum atomic E-state index is -0.330. The van der Waals surface area contributed by atoms with Gasteiger partial charge in [-0.15, -0.1) is 0 Å². The number of rotatable bonds is 2. The number of ketones is 2. The van der Waals surface area contributed by atoms with Gasteiger partial charge in [-0.3, -0.25) is 9.59 Å². The standard InChI is InChI=1S/C21H26O3.C3H8/c1-20-9-7-14(23)11-13(20)3-4-15-16-5-6-18(19(24)12-22)21(16,2)10-8-17(15)20;1-3-2/h7-9,11,15-16,18,22H,3-6,10,12H2,1-2H3;3H2,1-2H3. The van der Waals surface area contributed by atoms with Crippen LogP contribution in [0.2, 0.25) is 0 Å². The SMILES string of the molecule is CC12C=CC(=O)C=C1CCC1C2=CCC2(C)C(C(=O)CO)CCC12.CCC. The molecule has 4 aliphatic rings. The highest BCUT2D eigenvalue weighted by Gasteiger charge is 2.56. The van der Waals surface area contributed by atoms with Gasteiger partial charge in [-0.1, -0.05) is 50.5 Å². The zero-order chi connectivity index (χ0) is 19.8. The van der Waals surface area contributed by atoms with Crippen molar-refractivity contribution in [3.63, 3.8) is 0 Å². The van der Waals surface area contributed by atoms with Crippen molar-refractivity contribution in [2.24, 2.45) is 28.6 Å². The quantitative estimate of drug-likeness (QED) is 0.710. The van der Waals surface area contributed by atoms with E-state index in [0.29, 0.717) is 11.8 Å². The van der Waals surface area contributed by atoms with E-state index >= 15 is 0 Å². The number of hydrogen-bond donors (Lipinski definition) is 1. The Morgan fingerprint density at radius 1 is 1.22 bits per heavy atom. The van der Waals surface area contributed by atoms with Crippen molar-refractivity contribution in [1.82, 2.24) is 0 Å². The van der Waals surface area contributed by atoms with Gasteiger partial charge in [0.15, 0.2) is 11.6 Å². The van der Waals surface area contributed by atoms with Crippen LogP contribution in [0.4, 0.5) is 0 Å². The van der Waals surface area contributed by atoms with Gasteiger partial charge >= 0.3 is 0 Å². The lowest BCUT2D eigenvalue weighted by molar-refractivity contribution is -0.129. The molecule has 3 heteroatoms. The number of allylic oxidation sites excluding steroid dienone is 6. The summed E-state index contributed by atoms with van der Waals surface area (Å²) in [6, 6.07) is 0. The maximum Gasteiger partial charge on any atom is 0.178 e. The van der Waals surface area contributed by atoms with E-state index in [1.165, 1.54) is 17.6 Å². The topological polar surface area (TPSA) is 54.4 Å². The molecule has 4 rings (SSSR count). The lowest BCUT2D eigenvalue weighted by Crippen LogP contribution is -2.45. The summed E-state index contributed by atoms with van der Waals surface area (Å²) in [5.41, 5.74) is 2.59. The van der Waals surface area contributed by atoms with Crippen LogP contribution in [0, 0.1) is 28.6 Å². The van der Waals surface area contributed by atoms with Gasteiger partial charge < -0.3 is 5.11 Å². The van der Waals surface area contributed by atoms with E-state index in [1.54, 1.807) is 6.08 Å². The van der Waals surface area contributed by atoms with Gasteiger partial charge in [-0.05, 0) is 68.4 Å². The van der Waals surface area contributed by atoms with E-state index in [2.05, 4.69) is 39.8 Å². The molecule has 0 radical (unpaired) electrons. The smallest absolute Gasteiger partial charge is 0.178 e. The maximum atomic E-state index is 12.2. The first-order chi connectivity index (χ1) is 12.8. The summed E-state index contributed by atoms with van der Waals surface area (Å²) in [5, 5.41) is 9.34. The molecule has 3 nitrogen and oxygen atoms in total. The minimum Gasteiger partial charge on any atom is -0.389 e. The fourth-order valence-electron chi connectivity index (χ4n) is 6.16. The molecule has 0 saturated heterocycles. The second-order valence-corrected chi connectivity index (χ2v) is 9.19. The normalized spacial score (nSPS) is 39.3. The van der Waals surface area contributed by atoms with E-state index in [0.717, 1.165) is 32.1 Å². The van der Waals surface area contributed by atoms with Gasteiger partial charge in [-0.2, -0.15) is 0 Å². The van der Waals surface area contributed by atoms with E-state index in [-0.39, 0.29) is 34.9 Å². The number of carbonyl (C=O) groups is 2. The summed E-state index contributed by atoms with van der Waals surface area (Å²) in [4.78, 5) is 24.0. The third-order valence-corrected chi connectivity index (χ3v) is 7.49. The summed E-state index contributed by atoms with van der Waals surface area (Å²) in [5.74, 6) is 1.14. The Labute approximate surface area is 163 Å². The number of aliphatic hydroxyl groups excluding tert-OH is 1. The average Bonchev–Trinajstić information content (AvgIpc) is 2.99. The number of Topliss-reactive ketones (excluding diaryl/α,β-unsaturated/α-hetero) is 1. The third-order valence-electron chi connectivity index (χ3n) is 7.49. The molecule has 0 aromatic heterocycles. The highest BCUT2D eigenvalue weighted by molar-refractivity contribution is 6.01. The molecule has 27 heavy (non-hydrogen) atoms. The van der Waals surface area contributed by atoms with Gasteiger partial charge in [0.1, 0.15) is 6.61 Å². The van der Waals surface area contributed by atoms with Crippen molar-refractivity contribution in [2.45, 2.75) is 66.2 Å². The zero-order valence-electron chi connectivity index (χ0n) is 17.3. The molecule has 0 aromatic carbocycles. The van der Waals surface area contributed by atoms with Gasteiger partial charge in [0.2, 0.25) is 0 Å². The van der Waals surface area contributed by atoms with Crippen molar-refractivity contribution < 1.29 is 14.7 Å². The molecule has 0 aliphatic heterocycles. The van der Waals surface area contributed by atoms with Crippen LogP contribution >= 0.6 is 0 Å². The van der Waals surface area contributed by atoms with Crippen LogP contribution in [0.3, 0.4) is 0 Å². The fraction of sp³-hybridized carbons (Fsp3) is 0.667. The maximum absolute atomic E-state index is 12.2. The summed E-state index contributed by atoms with van der Waals surface area (Å²) in [6.45, 7) is 8.42. The number of carbonyl (C=O) groups excluding carboxylic acids is 2. The molecular weight excluding hydrogens is 336 g/mol. The molecule has 1 N–H and O–H groups in total. The Morgan fingerprint density at radius 2 is 1.93 bits per heavy atom. The molecule has 0 aromatic rings. The van der Waals surface area contributed by atoms with E-state index < -0.39 is 0 Å². The molecule has 2 saturated carbocycles. The van der Waals surface area contributed by atoms with E-state index in [4.69, 9.17) is 0 Å². The monoisotopic (exact) mass is 370 g/mol. The third kappa shape index (κ3) is 3.18. The molecule has 2 fully saturated rings. The van der Waals surface area contributed by atoms with Crippen LogP contribution in [-0.4, -0.2) is 23.3 Å². The molecule has 148 valence electrons. The summed E-state index contributed by atoms with van der Waals surface area (Å²) in [6.07, 6.45) is 14.2. The highest BCUT2D eigenvalue weighted by Crippen LogP contribution is 2.63. The Morgan fingerprint density at radius 3 is 2.59 bits per heavy atom. The van der Waals surface area contributed by atoms with Crippen LogP contribution < -0.4 is 0 Å². The predicted octanol–water partition coefficient (Wildman–Crippen LogP) is 4.81. The predicted molar refractivity (Wildman–Crippen MR) is 108 cm³/mol. The molecule has 0 bridgehead atoms. The Kier molecular flexibility index (Phi) is 5.63. The molecule has 5 atom stereocenters. The van der Waals surface area contributed by atoms with E-state index in [1.807, 2.05) is 6.08 Å². The van der Waals surface area contributed by atoms with Gasteiger partial charge in [0.05, 0.1) is 0 Å². The van der Waals surface area contributed by atoms with Crippen LogP contribution in [0.5, 0.6) is 0 Å². The molecule has 0 spiro atoms. The Hall–Kier alpha value is -1.48. The van der Waals surface area contributed by atoms with Gasteiger partial charge in [0, 0.05) is 11.3 Å². The lowest BCUT2D eigenvalue weighted by atomic mass is 9.52. The van der Waals surface area contributed by atoms with Crippen LogP contribution in [-0.2, 0) is 9.59 Å². The van der Waals surface area contributed by atoms with Crippen molar-refractivity contribution in [1.29, 1.82) is 0 Å². The largest absolute Gasteiger partial charge is 0.389 e. The van der Waals surface area contributed by atoms with Gasteiger partial charge in [0.25, 0.3) is 0 Å². The summed E-state index contributed by atoms with van der Waals surface area (Å²) < 4.78 is 0. The molecule has 4 aliphatic carbocycles. The second-order valence-electron chi connectivity index (χ2n) is 9.19. The Bertz CT molecular complexity index is 713. The lowest BCUT2D eigenvalue weighted by Gasteiger charge is -2.52. The second kappa shape index (κ2) is 7.50. The summed E-state index contributed by atoms with van der Waals surface area (Å²) in [7, 11) is 0. The first-order valence-electron chi connectivity index (χ1n) is 10.6. The zero-order valence-corrected chi connectivity index (χ0v) is 17.3. The first-order valence-corrected chi connectivity index (χ1v) is 10.6. The van der Waals surface area contributed by atoms with Crippen LogP contribution in [0.25, 0.3) is 0 Å². The Balaban J connectivity index is 0.000000659. The van der Waals surface area contributed by atoms with Crippen molar-refractivity contribution in [2.75, 3.05) is 6.61 Å². The highest BCUT2D eigenvalue weighted by atomic mass is 16.3. The first kappa shape index (κ1) is 20.3. The van der Waals surface area contributed by atoms with Crippen molar-refractivity contribution in [3.05, 3.63) is 35.5 Å². The molecule has 0 amide bonds. The van der Waals surface area contributed by atoms with Crippen LogP contribution in [0.1, 0.15) is 66.2 Å². The van der Waals surface area contributed by atoms with Gasteiger partial charge in [-0.25, -0.2) is 0 Å². The molecule has 0 heterocycles. The van der Waals surface area contributed by atoms with Crippen LogP contribution in [0.15, 0.2) is 35.5 Å². The molecular formula is C24H34O3. The number of hydrogen-bond acceptors (Lipinski definition) is 3. The van der Waals surface area contributed by atoms with E-state index in [9.17, 15) is 14.7 Å². The van der Waals surface area contributed by atoms with Crippen molar-refractivity contribution in [3.8, 4) is 0 Å². The van der Waals surface area contributed by atoms with Crippen molar-refractivity contribution >= 4 is 11.6 Å². The fourth-order valence-corrected chi connectivity index (χ4v) is 6.16. The number of fused-ring (bicyclic) bond motifs is 5.